The Kier molecular flexibility index (Phi) is 6.07. The molecular weight excluding hydrogens is 238 g/mol. The molecular formula is C12H21NO5. The SMILES string of the molecule is COCC(C)CC(=O)N1CCOCC1C(=O)OC. The number of carbonyl (C=O) groups is 2. The van der Waals surface area contributed by atoms with Gasteiger partial charge in [-0.2, -0.15) is 0 Å². The Balaban J connectivity index is 2.59. The fourth-order valence-corrected chi connectivity index (χ4v) is 1.99. The molecule has 1 amide bonds. The normalized spacial score (nSPS) is 21.5. The Morgan fingerprint density at radius 1 is 1.44 bits per heavy atom. The van der Waals surface area contributed by atoms with Crippen molar-refractivity contribution in [1.82, 2.24) is 4.90 Å². The molecule has 0 N–H and O–H groups in total. The monoisotopic (exact) mass is 259 g/mol. The Morgan fingerprint density at radius 2 is 2.17 bits per heavy atom. The van der Waals surface area contributed by atoms with Crippen molar-refractivity contribution in [3.63, 3.8) is 0 Å². The summed E-state index contributed by atoms with van der Waals surface area (Å²) in [6, 6.07) is -0.619. The van der Waals surface area contributed by atoms with Crippen LogP contribution in [0.5, 0.6) is 0 Å². The summed E-state index contributed by atoms with van der Waals surface area (Å²) >= 11 is 0. The van der Waals surface area contributed by atoms with E-state index in [0.29, 0.717) is 26.2 Å². The molecule has 0 aromatic carbocycles. The predicted octanol–water partition coefficient (Wildman–Crippen LogP) is 0.0594. The molecule has 1 fully saturated rings. The third-order valence-electron chi connectivity index (χ3n) is 2.90. The van der Waals surface area contributed by atoms with Gasteiger partial charge in [-0.25, -0.2) is 4.79 Å². The fraction of sp³-hybridized carbons (Fsp3) is 0.833. The average molecular weight is 259 g/mol. The molecule has 104 valence electrons. The van der Waals surface area contributed by atoms with Gasteiger partial charge in [0.15, 0.2) is 6.04 Å². The second-order valence-corrected chi connectivity index (χ2v) is 4.47. The van der Waals surface area contributed by atoms with Crippen LogP contribution in [0.25, 0.3) is 0 Å². The lowest BCUT2D eigenvalue weighted by molar-refractivity contribution is -0.161. The summed E-state index contributed by atoms with van der Waals surface area (Å²) in [5.74, 6) is -0.357. The summed E-state index contributed by atoms with van der Waals surface area (Å²) in [6.45, 7) is 3.56. The van der Waals surface area contributed by atoms with Crippen LogP contribution in [0.15, 0.2) is 0 Å². The summed E-state index contributed by atoms with van der Waals surface area (Å²) in [6.07, 6.45) is 0.362. The van der Waals surface area contributed by atoms with Crippen molar-refractivity contribution in [3.8, 4) is 0 Å². The van der Waals surface area contributed by atoms with Gasteiger partial charge in [0.25, 0.3) is 0 Å². The van der Waals surface area contributed by atoms with Crippen molar-refractivity contribution < 1.29 is 23.8 Å². The van der Waals surface area contributed by atoms with Gasteiger partial charge in [0.05, 0.1) is 20.3 Å². The molecule has 0 aromatic rings. The van der Waals surface area contributed by atoms with Crippen LogP contribution in [0.1, 0.15) is 13.3 Å². The van der Waals surface area contributed by atoms with Crippen molar-refractivity contribution in [2.75, 3.05) is 40.6 Å². The van der Waals surface area contributed by atoms with Crippen molar-refractivity contribution in [2.24, 2.45) is 5.92 Å². The van der Waals surface area contributed by atoms with Gasteiger partial charge in [0, 0.05) is 26.7 Å². The van der Waals surface area contributed by atoms with Crippen LogP contribution in [0.3, 0.4) is 0 Å². The van der Waals surface area contributed by atoms with E-state index in [2.05, 4.69) is 4.74 Å². The lowest BCUT2D eigenvalue weighted by Gasteiger charge is -2.34. The van der Waals surface area contributed by atoms with E-state index in [9.17, 15) is 9.59 Å². The van der Waals surface area contributed by atoms with Gasteiger partial charge in [-0.05, 0) is 5.92 Å². The number of methoxy groups -OCH3 is 2. The topological polar surface area (TPSA) is 65.1 Å². The van der Waals surface area contributed by atoms with Gasteiger partial charge in [-0.3, -0.25) is 4.79 Å². The average Bonchev–Trinajstić information content (AvgIpc) is 2.38. The molecule has 2 unspecified atom stereocenters. The third kappa shape index (κ3) is 3.96. The van der Waals surface area contributed by atoms with Gasteiger partial charge < -0.3 is 19.1 Å². The highest BCUT2D eigenvalue weighted by Crippen LogP contribution is 2.13. The highest BCUT2D eigenvalue weighted by atomic mass is 16.5. The second kappa shape index (κ2) is 7.33. The minimum atomic E-state index is -0.619. The molecule has 0 bridgehead atoms. The van der Waals surface area contributed by atoms with E-state index in [1.165, 1.54) is 7.11 Å². The zero-order valence-electron chi connectivity index (χ0n) is 11.2. The largest absolute Gasteiger partial charge is 0.467 e. The molecule has 6 heteroatoms. The molecule has 0 aliphatic carbocycles. The van der Waals surface area contributed by atoms with E-state index >= 15 is 0 Å². The highest BCUT2D eigenvalue weighted by molar-refractivity contribution is 5.85. The molecule has 1 heterocycles. The quantitative estimate of drug-likeness (QED) is 0.653. The van der Waals surface area contributed by atoms with Crippen LogP contribution in [-0.2, 0) is 23.8 Å². The third-order valence-corrected chi connectivity index (χ3v) is 2.90. The van der Waals surface area contributed by atoms with Crippen LogP contribution >= 0.6 is 0 Å². The number of hydrogen-bond acceptors (Lipinski definition) is 5. The van der Waals surface area contributed by atoms with Gasteiger partial charge in [0.1, 0.15) is 0 Å². The van der Waals surface area contributed by atoms with E-state index in [4.69, 9.17) is 9.47 Å². The van der Waals surface area contributed by atoms with E-state index < -0.39 is 12.0 Å². The van der Waals surface area contributed by atoms with Gasteiger partial charge >= 0.3 is 5.97 Å². The van der Waals surface area contributed by atoms with E-state index in [-0.39, 0.29) is 18.4 Å². The first-order valence-corrected chi connectivity index (χ1v) is 6.04. The molecule has 0 aromatic heterocycles. The standard InChI is InChI=1S/C12H21NO5/c1-9(7-16-2)6-11(14)13-4-5-18-8-10(13)12(15)17-3/h9-10H,4-8H2,1-3H3. The lowest BCUT2D eigenvalue weighted by atomic mass is 10.1. The molecule has 0 radical (unpaired) electrons. The van der Waals surface area contributed by atoms with Gasteiger partial charge in [0.2, 0.25) is 5.91 Å². The first-order valence-electron chi connectivity index (χ1n) is 6.04. The maximum absolute atomic E-state index is 12.1. The Labute approximate surface area is 107 Å². The molecule has 18 heavy (non-hydrogen) atoms. The maximum atomic E-state index is 12.1. The number of esters is 1. The van der Waals surface area contributed by atoms with Crippen LogP contribution in [0.4, 0.5) is 0 Å². The molecule has 6 nitrogen and oxygen atoms in total. The smallest absolute Gasteiger partial charge is 0.331 e. The Bertz CT molecular complexity index is 294. The summed E-state index contributed by atoms with van der Waals surface area (Å²) in [5.41, 5.74) is 0. The lowest BCUT2D eigenvalue weighted by Crippen LogP contribution is -2.53. The number of nitrogens with zero attached hydrogens (tertiary/aromatic N) is 1. The first kappa shape index (κ1) is 14.9. The van der Waals surface area contributed by atoms with Crippen molar-refractivity contribution in [1.29, 1.82) is 0 Å². The number of morpholine rings is 1. The molecule has 1 rings (SSSR count). The van der Waals surface area contributed by atoms with Crippen molar-refractivity contribution in [2.45, 2.75) is 19.4 Å². The Morgan fingerprint density at radius 3 is 2.78 bits per heavy atom. The number of amides is 1. The highest BCUT2D eigenvalue weighted by Gasteiger charge is 2.33. The van der Waals surface area contributed by atoms with E-state index in [0.717, 1.165) is 0 Å². The predicted molar refractivity (Wildman–Crippen MR) is 64.0 cm³/mol. The van der Waals surface area contributed by atoms with E-state index in [1.54, 1.807) is 12.0 Å². The molecule has 1 saturated heterocycles. The van der Waals surface area contributed by atoms with Crippen LogP contribution in [0, 0.1) is 5.92 Å². The van der Waals surface area contributed by atoms with Crippen LogP contribution in [0.2, 0.25) is 0 Å². The van der Waals surface area contributed by atoms with Crippen LogP contribution in [-0.4, -0.2) is 63.4 Å². The molecule has 0 spiro atoms. The summed E-state index contributed by atoms with van der Waals surface area (Å²) in [7, 11) is 2.92. The fourth-order valence-electron chi connectivity index (χ4n) is 1.99. The minimum Gasteiger partial charge on any atom is -0.467 e. The Hall–Kier alpha value is -1.14. The number of rotatable bonds is 5. The van der Waals surface area contributed by atoms with E-state index in [1.807, 2.05) is 6.92 Å². The maximum Gasteiger partial charge on any atom is 0.331 e. The first-order chi connectivity index (χ1) is 8.60. The molecule has 1 aliphatic rings. The second-order valence-electron chi connectivity index (χ2n) is 4.47. The van der Waals surface area contributed by atoms with Crippen LogP contribution < -0.4 is 0 Å². The van der Waals surface area contributed by atoms with Crippen molar-refractivity contribution in [3.05, 3.63) is 0 Å². The van der Waals surface area contributed by atoms with Gasteiger partial charge in [-0.1, -0.05) is 6.92 Å². The zero-order chi connectivity index (χ0) is 13.5. The minimum absolute atomic E-state index is 0.0572. The van der Waals surface area contributed by atoms with Gasteiger partial charge in [-0.15, -0.1) is 0 Å². The number of ether oxygens (including phenoxy) is 3. The number of hydrogen-bond donors (Lipinski definition) is 0. The molecule has 2 atom stereocenters. The molecule has 0 saturated carbocycles. The number of carbonyl (C=O) groups excluding carboxylic acids is 2. The summed E-state index contributed by atoms with van der Waals surface area (Å²) < 4.78 is 14.9. The summed E-state index contributed by atoms with van der Waals surface area (Å²) in [5, 5.41) is 0. The summed E-state index contributed by atoms with van der Waals surface area (Å²) in [4.78, 5) is 25.2. The molecule has 1 aliphatic heterocycles. The van der Waals surface area contributed by atoms with Crippen molar-refractivity contribution >= 4 is 11.9 Å². The zero-order valence-corrected chi connectivity index (χ0v) is 11.2.